The fourth-order valence-electron chi connectivity index (χ4n) is 2.45. The van der Waals surface area contributed by atoms with Gasteiger partial charge in [-0.15, -0.1) is 0 Å². The van der Waals surface area contributed by atoms with Gasteiger partial charge < -0.3 is 10.2 Å². The van der Waals surface area contributed by atoms with Gasteiger partial charge in [0.1, 0.15) is 4.90 Å². The van der Waals surface area contributed by atoms with Crippen LogP contribution in [0.25, 0.3) is 0 Å². The van der Waals surface area contributed by atoms with Crippen LogP contribution < -0.4 is 14.9 Å². The normalized spacial score (nSPS) is 22.8. The summed E-state index contributed by atoms with van der Waals surface area (Å²) in [4.78, 5) is 6.34. The monoisotopic (exact) mass is 280 g/mol. The Morgan fingerprint density at radius 1 is 1.26 bits per heavy atom. The summed E-state index contributed by atoms with van der Waals surface area (Å²) in [6.45, 7) is 1.97. The lowest BCUT2D eigenvalue weighted by Gasteiger charge is -2.24. The van der Waals surface area contributed by atoms with Crippen molar-refractivity contribution in [3.63, 3.8) is 0 Å². The lowest BCUT2D eigenvalue weighted by molar-refractivity contribution is 0.591. The summed E-state index contributed by atoms with van der Waals surface area (Å²) in [6.07, 6.45) is 2.32. The molecule has 1 aromatic carbocycles. The van der Waals surface area contributed by atoms with Gasteiger partial charge in [-0.1, -0.05) is 0 Å². The molecule has 0 aliphatic carbocycles. The van der Waals surface area contributed by atoms with E-state index in [-0.39, 0.29) is 10.9 Å². The van der Waals surface area contributed by atoms with Crippen LogP contribution in [-0.2, 0) is 10.0 Å². The number of benzene rings is 1. The Morgan fingerprint density at radius 2 is 2.00 bits per heavy atom. The zero-order valence-electron chi connectivity index (χ0n) is 10.7. The molecule has 1 fully saturated rings. The minimum Gasteiger partial charge on any atom is -0.371 e. The first kappa shape index (κ1) is 12.3. The number of rotatable bonds is 1. The number of hydrogen-bond acceptors (Lipinski definition) is 4. The highest BCUT2D eigenvalue weighted by Gasteiger charge is 2.27. The topological polar surface area (TPSA) is 73.8 Å². The van der Waals surface area contributed by atoms with Crippen molar-refractivity contribution in [3.05, 3.63) is 18.2 Å². The average molecular weight is 280 g/mol. The van der Waals surface area contributed by atoms with Gasteiger partial charge >= 0.3 is 0 Å². The van der Waals surface area contributed by atoms with E-state index in [1.54, 1.807) is 12.1 Å². The largest absolute Gasteiger partial charge is 0.371 e. The van der Waals surface area contributed by atoms with E-state index in [9.17, 15) is 8.42 Å². The molecular formula is C12H16N4O2S. The van der Waals surface area contributed by atoms with Crippen LogP contribution in [0.3, 0.4) is 0 Å². The molecule has 6 nitrogen and oxygen atoms in total. The molecule has 0 radical (unpaired) electrons. The quantitative estimate of drug-likeness (QED) is 0.804. The zero-order valence-corrected chi connectivity index (χ0v) is 11.5. The molecule has 2 aliphatic heterocycles. The van der Waals surface area contributed by atoms with Crippen LogP contribution in [0, 0.1) is 0 Å². The zero-order chi connectivity index (χ0) is 13.5. The van der Waals surface area contributed by atoms with E-state index in [2.05, 4.69) is 19.9 Å². The fourth-order valence-corrected chi connectivity index (χ4v) is 3.64. The van der Waals surface area contributed by atoms with Crippen molar-refractivity contribution in [2.75, 3.05) is 30.4 Å². The summed E-state index contributed by atoms with van der Waals surface area (Å²) >= 11 is 0. The Bertz CT molecular complexity index is 633. The number of nitrogens with one attached hydrogen (secondary N) is 2. The SMILES string of the molecule is CN=C1Nc2ccc(N3CCCC3)cc2S(=O)(=O)N1. The number of anilines is 2. The van der Waals surface area contributed by atoms with Crippen molar-refractivity contribution in [1.29, 1.82) is 0 Å². The molecule has 0 amide bonds. The molecule has 0 bridgehead atoms. The summed E-state index contributed by atoms with van der Waals surface area (Å²) in [5.41, 5.74) is 1.53. The first-order valence-corrected chi connectivity index (χ1v) is 7.74. The number of aliphatic imine (C=N–C) groups is 1. The van der Waals surface area contributed by atoms with Gasteiger partial charge in [-0.2, -0.15) is 0 Å². The molecule has 3 rings (SSSR count). The van der Waals surface area contributed by atoms with Crippen molar-refractivity contribution >= 4 is 27.4 Å². The van der Waals surface area contributed by atoms with Crippen LogP contribution >= 0.6 is 0 Å². The Balaban J connectivity index is 2.05. The summed E-state index contributed by atoms with van der Waals surface area (Å²) < 4.78 is 26.7. The number of hydrogen-bond donors (Lipinski definition) is 2. The molecule has 19 heavy (non-hydrogen) atoms. The third kappa shape index (κ3) is 2.14. The van der Waals surface area contributed by atoms with Crippen LogP contribution in [0.15, 0.2) is 28.1 Å². The maximum atomic E-state index is 12.2. The predicted octanol–water partition coefficient (Wildman–Crippen LogP) is 0.976. The molecule has 0 unspecified atom stereocenters. The average Bonchev–Trinajstić information content (AvgIpc) is 2.91. The minimum absolute atomic E-state index is 0.251. The first-order chi connectivity index (χ1) is 9.10. The van der Waals surface area contributed by atoms with Gasteiger partial charge in [-0.05, 0) is 31.0 Å². The van der Waals surface area contributed by atoms with Crippen molar-refractivity contribution in [1.82, 2.24) is 4.72 Å². The molecule has 1 saturated heterocycles. The van der Waals surface area contributed by atoms with Gasteiger partial charge in [0.25, 0.3) is 10.0 Å². The smallest absolute Gasteiger partial charge is 0.266 e. The second-order valence-electron chi connectivity index (χ2n) is 4.68. The van der Waals surface area contributed by atoms with Crippen molar-refractivity contribution in [2.45, 2.75) is 17.7 Å². The van der Waals surface area contributed by atoms with Crippen LogP contribution in [0.1, 0.15) is 12.8 Å². The number of sulfonamides is 1. The van der Waals surface area contributed by atoms with Gasteiger partial charge in [0.2, 0.25) is 5.96 Å². The Labute approximate surface area is 112 Å². The molecule has 0 spiro atoms. The van der Waals surface area contributed by atoms with Gasteiger partial charge in [0, 0.05) is 25.8 Å². The summed E-state index contributed by atoms with van der Waals surface area (Å²) in [5.74, 6) is 0.251. The number of nitrogens with zero attached hydrogens (tertiary/aromatic N) is 2. The van der Waals surface area contributed by atoms with E-state index in [4.69, 9.17) is 0 Å². The maximum Gasteiger partial charge on any atom is 0.266 e. The molecular weight excluding hydrogens is 264 g/mol. The highest BCUT2D eigenvalue weighted by atomic mass is 32.2. The second-order valence-corrected chi connectivity index (χ2v) is 6.33. The van der Waals surface area contributed by atoms with E-state index in [0.717, 1.165) is 31.6 Å². The van der Waals surface area contributed by atoms with Crippen LogP contribution in [0.2, 0.25) is 0 Å². The van der Waals surface area contributed by atoms with Gasteiger partial charge in [0.05, 0.1) is 5.69 Å². The first-order valence-electron chi connectivity index (χ1n) is 6.26. The molecule has 1 aromatic rings. The van der Waals surface area contributed by atoms with Crippen molar-refractivity contribution < 1.29 is 8.42 Å². The number of fused-ring (bicyclic) bond motifs is 1. The highest BCUT2D eigenvalue weighted by Crippen LogP contribution is 2.30. The van der Waals surface area contributed by atoms with Crippen LogP contribution in [0.5, 0.6) is 0 Å². The molecule has 0 saturated carbocycles. The maximum absolute atomic E-state index is 12.2. The molecule has 2 heterocycles. The highest BCUT2D eigenvalue weighted by molar-refractivity contribution is 7.90. The third-order valence-electron chi connectivity index (χ3n) is 3.43. The van der Waals surface area contributed by atoms with Gasteiger partial charge in [-0.3, -0.25) is 4.99 Å². The Hall–Kier alpha value is -1.76. The van der Waals surface area contributed by atoms with Crippen molar-refractivity contribution in [3.8, 4) is 0 Å². The van der Waals surface area contributed by atoms with E-state index in [1.807, 2.05) is 6.07 Å². The van der Waals surface area contributed by atoms with Crippen molar-refractivity contribution in [2.24, 2.45) is 4.99 Å². The predicted molar refractivity (Wildman–Crippen MR) is 75.2 cm³/mol. The van der Waals surface area contributed by atoms with E-state index < -0.39 is 10.0 Å². The molecule has 0 aromatic heterocycles. The third-order valence-corrected chi connectivity index (χ3v) is 4.81. The van der Waals surface area contributed by atoms with Crippen LogP contribution in [-0.4, -0.2) is 34.5 Å². The summed E-state index contributed by atoms with van der Waals surface area (Å²) in [6, 6.07) is 5.47. The standard InChI is InChI=1S/C12H16N4O2S/c1-13-12-14-10-5-4-9(16-6-2-3-7-16)8-11(10)19(17,18)15-12/h4-5,8H,2-3,6-7H2,1H3,(H2,13,14,15). The van der Waals surface area contributed by atoms with Gasteiger partial charge in [-0.25, -0.2) is 13.1 Å². The minimum atomic E-state index is -3.53. The lowest BCUT2D eigenvalue weighted by atomic mass is 10.2. The second kappa shape index (κ2) is 4.41. The molecule has 2 N–H and O–H groups in total. The molecule has 0 atom stereocenters. The van der Waals surface area contributed by atoms with E-state index in [0.29, 0.717) is 5.69 Å². The Morgan fingerprint density at radius 3 is 2.68 bits per heavy atom. The fraction of sp³-hybridized carbons (Fsp3) is 0.417. The molecule has 2 aliphatic rings. The Kier molecular flexibility index (Phi) is 2.85. The number of guanidine groups is 1. The molecule has 7 heteroatoms. The van der Waals surface area contributed by atoms with E-state index >= 15 is 0 Å². The van der Waals surface area contributed by atoms with Crippen LogP contribution in [0.4, 0.5) is 11.4 Å². The summed E-state index contributed by atoms with van der Waals surface area (Å²) in [5, 5.41) is 2.96. The van der Waals surface area contributed by atoms with E-state index in [1.165, 1.54) is 7.05 Å². The summed E-state index contributed by atoms with van der Waals surface area (Å²) in [7, 11) is -1.99. The molecule has 102 valence electrons. The lowest BCUT2D eigenvalue weighted by Crippen LogP contribution is -2.40. The van der Waals surface area contributed by atoms with Gasteiger partial charge in [0.15, 0.2) is 0 Å².